The molecule has 1 saturated heterocycles. The molecule has 0 atom stereocenters. The fourth-order valence-corrected chi connectivity index (χ4v) is 5.64. The molecular weight excluding hydrogens is 386 g/mol. The second-order valence-corrected chi connectivity index (χ2v) is 8.99. The first-order valence-corrected chi connectivity index (χ1v) is 11.4. The first kappa shape index (κ1) is 19.2. The number of benzene rings is 1. The molecule has 0 bridgehead atoms. The summed E-state index contributed by atoms with van der Waals surface area (Å²) in [4.78, 5) is 12.5. The molecule has 0 amide bonds. The van der Waals surface area contributed by atoms with E-state index in [2.05, 4.69) is 33.1 Å². The number of fused-ring (bicyclic) bond motifs is 3. The molecule has 29 heavy (non-hydrogen) atoms. The Morgan fingerprint density at radius 1 is 1.14 bits per heavy atom. The predicted octanol–water partition coefficient (Wildman–Crippen LogP) is 3.40. The van der Waals surface area contributed by atoms with Crippen molar-refractivity contribution in [2.45, 2.75) is 44.2 Å². The molecule has 7 heteroatoms. The average Bonchev–Trinajstić information content (AvgIpc) is 3.14. The topological polar surface area (TPSA) is 67.7 Å². The highest BCUT2D eigenvalue weighted by Gasteiger charge is 2.28. The van der Waals surface area contributed by atoms with Crippen LogP contribution in [0.2, 0.25) is 0 Å². The fraction of sp³-hybridized carbons (Fsp3) is 0.545. The van der Waals surface area contributed by atoms with Gasteiger partial charge in [-0.2, -0.15) is 0 Å². The Hall–Kier alpha value is -1.80. The van der Waals surface area contributed by atoms with Gasteiger partial charge < -0.3 is 14.6 Å². The summed E-state index contributed by atoms with van der Waals surface area (Å²) in [6.45, 7) is 3.98. The van der Waals surface area contributed by atoms with Crippen LogP contribution in [0.15, 0.2) is 24.5 Å². The summed E-state index contributed by atoms with van der Waals surface area (Å²) in [5.74, 6) is 0.706. The van der Waals surface area contributed by atoms with Crippen molar-refractivity contribution in [1.82, 2.24) is 14.9 Å². The van der Waals surface area contributed by atoms with Crippen molar-refractivity contribution in [3.63, 3.8) is 0 Å². The summed E-state index contributed by atoms with van der Waals surface area (Å²) in [6, 6.07) is 7.00. The molecule has 1 saturated carbocycles. The Bertz CT molecular complexity index is 978. The number of aromatic nitrogens is 2. The molecule has 0 spiro atoms. The maximum atomic E-state index is 9.29. The Kier molecular flexibility index (Phi) is 5.63. The van der Waals surface area contributed by atoms with Crippen LogP contribution in [0.25, 0.3) is 20.3 Å². The summed E-state index contributed by atoms with van der Waals surface area (Å²) in [5, 5.41) is 11.4. The van der Waals surface area contributed by atoms with Gasteiger partial charge in [0.15, 0.2) is 0 Å². The Labute approximate surface area is 174 Å². The van der Waals surface area contributed by atoms with Crippen molar-refractivity contribution < 1.29 is 14.6 Å². The SMILES string of the molecule is OCCc1ccc2sc3ncnc(OC4CCC(N5CCOCC5)CC4)c3c2c1. The van der Waals surface area contributed by atoms with Crippen LogP contribution in [0.3, 0.4) is 0 Å². The number of aliphatic hydroxyl groups excluding tert-OH is 1. The van der Waals surface area contributed by atoms with Gasteiger partial charge in [-0.15, -0.1) is 11.3 Å². The molecule has 3 heterocycles. The van der Waals surface area contributed by atoms with Crippen LogP contribution in [-0.2, 0) is 11.2 Å². The standard InChI is InChI=1S/C22H27N3O3S/c26-10-7-15-1-6-19-18(13-15)20-21(23-14-24-22(20)29-19)28-17-4-2-16(3-5-17)25-8-11-27-12-9-25/h1,6,13-14,16-17,26H,2-5,7-12H2. The summed E-state index contributed by atoms with van der Waals surface area (Å²) < 4.78 is 13.1. The minimum Gasteiger partial charge on any atom is -0.474 e. The van der Waals surface area contributed by atoms with Crippen molar-refractivity contribution in [3.8, 4) is 5.88 Å². The van der Waals surface area contributed by atoms with Crippen molar-refractivity contribution in [2.75, 3.05) is 32.9 Å². The van der Waals surface area contributed by atoms with Crippen LogP contribution in [0.4, 0.5) is 0 Å². The first-order chi connectivity index (χ1) is 14.3. The lowest BCUT2D eigenvalue weighted by atomic mass is 9.91. The van der Waals surface area contributed by atoms with Crippen LogP contribution in [0.5, 0.6) is 5.88 Å². The van der Waals surface area contributed by atoms with Gasteiger partial charge in [-0.05, 0) is 49.8 Å². The Morgan fingerprint density at radius 2 is 1.97 bits per heavy atom. The highest BCUT2D eigenvalue weighted by atomic mass is 32.1. The molecule has 3 aromatic rings. The van der Waals surface area contributed by atoms with E-state index < -0.39 is 0 Å². The van der Waals surface area contributed by atoms with E-state index in [-0.39, 0.29) is 12.7 Å². The van der Waals surface area contributed by atoms with Gasteiger partial charge in [-0.25, -0.2) is 9.97 Å². The maximum absolute atomic E-state index is 9.29. The molecule has 5 rings (SSSR count). The Balaban J connectivity index is 1.35. The molecule has 154 valence electrons. The molecule has 1 N–H and O–H groups in total. The fourth-order valence-electron chi connectivity index (χ4n) is 4.63. The van der Waals surface area contributed by atoms with E-state index in [1.165, 1.54) is 17.5 Å². The number of nitrogens with zero attached hydrogens (tertiary/aromatic N) is 3. The van der Waals surface area contributed by atoms with Gasteiger partial charge in [0.1, 0.15) is 17.3 Å². The van der Waals surface area contributed by atoms with Crippen LogP contribution >= 0.6 is 11.3 Å². The number of hydrogen-bond acceptors (Lipinski definition) is 7. The lowest BCUT2D eigenvalue weighted by Gasteiger charge is -2.38. The number of thiophene rings is 1. The van der Waals surface area contributed by atoms with Crippen molar-refractivity contribution >= 4 is 31.6 Å². The number of morpholine rings is 1. The van der Waals surface area contributed by atoms with Crippen molar-refractivity contribution in [2.24, 2.45) is 0 Å². The van der Waals surface area contributed by atoms with E-state index in [9.17, 15) is 5.11 Å². The second kappa shape index (κ2) is 8.52. The van der Waals surface area contributed by atoms with Gasteiger partial charge in [0.2, 0.25) is 5.88 Å². The van der Waals surface area contributed by atoms with E-state index in [0.717, 1.165) is 60.3 Å². The highest BCUT2D eigenvalue weighted by Crippen LogP contribution is 2.38. The minimum absolute atomic E-state index is 0.153. The summed E-state index contributed by atoms with van der Waals surface area (Å²) in [6.07, 6.45) is 6.94. The molecular formula is C22H27N3O3S. The third kappa shape index (κ3) is 3.97. The quantitative estimate of drug-likeness (QED) is 0.692. The van der Waals surface area contributed by atoms with Crippen LogP contribution in [0, 0.1) is 0 Å². The van der Waals surface area contributed by atoms with Gasteiger partial charge in [-0.1, -0.05) is 6.07 Å². The zero-order valence-corrected chi connectivity index (χ0v) is 17.4. The zero-order chi connectivity index (χ0) is 19.6. The van der Waals surface area contributed by atoms with E-state index in [4.69, 9.17) is 9.47 Å². The van der Waals surface area contributed by atoms with Gasteiger partial charge in [0.05, 0.1) is 18.6 Å². The number of ether oxygens (including phenoxy) is 2. The normalized spacial score (nSPS) is 23.6. The molecule has 2 fully saturated rings. The largest absolute Gasteiger partial charge is 0.474 e. The van der Waals surface area contributed by atoms with Gasteiger partial charge >= 0.3 is 0 Å². The molecule has 1 aliphatic heterocycles. The zero-order valence-electron chi connectivity index (χ0n) is 16.5. The predicted molar refractivity (Wildman–Crippen MR) is 115 cm³/mol. The third-order valence-electron chi connectivity index (χ3n) is 6.18. The van der Waals surface area contributed by atoms with E-state index in [1.54, 1.807) is 17.7 Å². The molecule has 0 unspecified atom stereocenters. The Morgan fingerprint density at radius 3 is 2.76 bits per heavy atom. The number of rotatable bonds is 5. The lowest BCUT2D eigenvalue weighted by Crippen LogP contribution is -2.46. The van der Waals surface area contributed by atoms with E-state index >= 15 is 0 Å². The van der Waals surface area contributed by atoms with Crippen LogP contribution in [0.1, 0.15) is 31.2 Å². The highest BCUT2D eigenvalue weighted by molar-refractivity contribution is 7.25. The summed E-state index contributed by atoms with van der Waals surface area (Å²) >= 11 is 1.67. The first-order valence-electron chi connectivity index (χ1n) is 10.6. The maximum Gasteiger partial charge on any atom is 0.226 e. The van der Waals surface area contributed by atoms with Crippen LogP contribution < -0.4 is 4.74 Å². The van der Waals surface area contributed by atoms with E-state index in [1.807, 2.05) is 0 Å². The molecule has 0 radical (unpaired) electrons. The smallest absolute Gasteiger partial charge is 0.226 e. The molecule has 1 aromatic carbocycles. The average molecular weight is 414 g/mol. The molecule has 2 aromatic heterocycles. The van der Waals surface area contributed by atoms with Crippen molar-refractivity contribution in [3.05, 3.63) is 30.1 Å². The van der Waals surface area contributed by atoms with Crippen molar-refractivity contribution in [1.29, 1.82) is 0 Å². The van der Waals surface area contributed by atoms with Gasteiger partial charge in [0, 0.05) is 35.8 Å². The second-order valence-electron chi connectivity index (χ2n) is 7.96. The van der Waals surface area contributed by atoms with E-state index in [0.29, 0.717) is 18.3 Å². The molecule has 6 nitrogen and oxygen atoms in total. The summed E-state index contributed by atoms with van der Waals surface area (Å²) in [5.41, 5.74) is 1.13. The van der Waals surface area contributed by atoms with Gasteiger partial charge in [0.25, 0.3) is 0 Å². The molecule has 2 aliphatic rings. The van der Waals surface area contributed by atoms with Gasteiger partial charge in [-0.3, -0.25) is 4.90 Å². The number of aliphatic hydroxyl groups is 1. The molecule has 1 aliphatic carbocycles. The lowest BCUT2D eigenvalue weighted by molar-refractivity contribution is -0.00125. The minimum atomic E-state index is 0.153. The third-order valence-corrected chi connectivity index (χ3v) is 7.26. The van der Waals surface area contributed by atoms with Crippen LogP contribution in [-0.4, -0.2) is 65.0 Å². The number of hydrogen-bond donors (Lipinski definition) is 1. The monoisotopic (exact) mass is 413 g/mol. The summed E-state index contributed by atoms with van der Waals surface area (Å²) in [7, 11) is 0.